The lowest BCUT2D eigenvalue weighted by molar-refractivity contribution is 0.373. The largest absolute Gasteiger partial charge is 0.504 e. The van der Waals surface area contributed by atoms with Gasteiger partial charge in [0.05, 0.1) is 24.2 Å². The number of para-hydroxylation sites is 1. The maximum atomic E-state index is 12.5. The summed E-state index contributed by atoms with van der Waals surface area (Å²) in [7, 11) is 1.48. The molecule has 0 saturated heterocycles. The van der Waals surface area contributed by atoms with E-state index in [1.54, 1.807) is 30.5 Å². The van der Waals surface area contributed by atoms with Crippen molar-refractivity contribution in [3.63, 3.8) is 0 Å². The van der Waals surface area contributed by atoms with Crippen LogP contribution in [0.2, 0.25) is 0 Å². The zero-order chi connectivity index (χ0) is 17.8. The van der Waals surface area contributed by atoms with Crippen molar-refractivity contribution in [3.05, 3.63) is 58.4 Å². The van der Waals surface area contributed by atoms with Crippen molar-refractivity contribution in [1.29, 1.82) is 0 Å². The smallest absolute Gasteiger partial charge is 0.262 e. The zero-order valence-electron chi connectivity index (χ0n) is 13.9. The number of fused-ring (bicyclic) bond motifs is 1. The number of phenolic OH excluding ortho intramolecular Hbond substituents is 1. The topological polar surface area (TPSA) is 88.7 Å². The van der Waals surface area contributed by atoms with Gasteiger partial charge in [-0.3, -0.25) is 9.36 Å². The molecule has 0 radical (unpaired) electrons. The molecule has 0 aliphatic carbocycles. The highest BCUT2D eigenvalue weighted by atomic mass is 16.5. The van der Waals surface area contributed by atoms with Crippen LogP contribution in [0.5, 0.6) is 11.5 Å². The minimum atomic E-state index is -0.114. The van der Waals surface area contributed by atoms with Crippen molar-refractivity contribution in [2.75, 3.05) is 12.5 Å². The molecule has 0 unspecified atom stereocenters. The second kappa shape index (κ2) is 7.04. The third-order valence-electron chi connectivity index (χ3n) is 3.76. The second-order valence-corrected chi connectivity index (χ2v) is 5.30. The molecule has 0 saturated carbocycles. The summed E-state index contributed by atoms with van der Waals surface area (Å²) in [6.07, 6.45) is 1.56. The minimum Gasteiger partial charge on any atom is -0.504 e. The van der Waals surface area contributed by atoms with E-state index in [0.717, 1.165) is 5.56 Å². The fourth-order valence-corrected chi connectivity index (χ4v) is 2.49. The predicted octanol–water partition coefficient (Wildman–Crippen LogP) is 2.58. The van der Waals surface area contributed by atoms with Crippen LogP contribution in [0, 0.1) is 0 Å². The maximum Gasteiger partial charge on any atom is 0.262 e. The van der Waals surface area contributed by atoms with Crippen LogP contribution in [0.15, 0.2) is 52.4 Å². The summed E-state index contributed by atoms with van der Waals surface area (Å²) in [6.45, 7) is 2.35. The first-order chi connectivity index (χ1) is 12.1. The number of ether oxygens (including phenoxy) is 1. The molecule has 2 aromatic carbocycles. The van der Waals surface area contributed by atoms with Crippen molar-refractivity contribution in [2.24, 2.45) is 5.10 Å². The third kappa shape index (κ3) is 3.30. The number of phenols is 1. The second-order valence-electron chi connectivity index (χ2n) is 5.30. The van der Waals surface area contributed by atoms with E-state index in [0.29, 0.717) is 29.1 Å². The quantitative estimate of drug-likeness (QED) is 0.551. The Morgan fingerprint density at radius 2 is 2.12 bits per heavy atom. The molecule has 1 aromatic heterocycles. The fourth-order valence-electron chi connectivity index (χ4n) is 2.49. The summed E-state index contributed by atoms with van der Waals surface area (Å²) in [6, 6.07) is 12.1. The Bertz CT molecular complexity index is 995. The molecule has 128 valence electrons. The summed E-state index contributed by atoms with van der Waals surface area (Å²) < 4.78 is 6.59. The molecule has 0 bridgehead atoms. The summed E-state index contributed by atoms with van der Waals surface area (Å²) in [5.74, 6) is 0.787. The van der Waals surface area contributed by atoms with Gasteiger partial charge >= 0.3 is 0 Å². The van der Waals surface area contributed by atoms with Gasteiger partial charge < -0.3 is 9.84 Å². The van der Waals surface area contributed by atoms with Crippen molar-refractivity contribution in [2.45, 2.75) is 13.5 Å². The number of hydrogen-bond acceptors (Lipinski definition) is 6. The number of nitrogens with one attached hydrogen (secondary N) is 1. The average molecular weight is 338 g/mol. The van der Waals surface area contributed by atoms with E-state index in [9.17, 15) is 9.90 Å². The first kappa shape index (κ1) is 16.5. The number of methoxy groups -OCH3 is 1. The number of anilines is 1. The highest BCUT2D eigenvalue weighted by Gasteiger charge is 2.08. The molecule has 0 amide bonds. The SMILES string of the molecule is CCn1c(N/N=C/c2ccc(O)c(OC)c2)nc2ccccc2c1=O. The number of hydrogen-bond donors (Lipinski definition) is 2. The van der Waals surface area contributed by atoms with Crippen LogP contribution in [0.1, 0.15) is 12.5 Å². The van der Waals surface area contributed by atoms with Crippen LogP contribution in [0.25, 0.3) is 10.9 Å². The Kier molecular flexibility index (Phi) is 4.65. The lowest BCUT2D eigenvalue weighted by atomic mass is 10.2. The molecule has 0 fully saturated rings. The first-order valence-corrected chi connectivity index (χ1v) is 7.79. The van der Waals surface area contributed by atoms with Crippen LogP contribution in [-0.4, -0.2) is 28.0 Å². The van der Waals surface area contributed by atoms with E-state index in [4.69, 9.17) is 4.74 Å². The Hall–Kier alpha value is -3.35. The van der Waals surface area contributed by atoms with E-state index in [1.807, 2.05) is 19.1 Å². The van der Waals surface area contributed by atoms with Crippen LogP contribution in [0.3, 0.4) is 0 Å². The van der Waals surface area contributed by atoms with Gasteiger partial charge in [-0.15, -0.1) is 0 Å². The van der Waals surface area contributed by atoms with Gasteiger partial charge in [-0.25, -0.2) is 10.4 Å². The van der Waals surface area contributed by atoms with E-state index in [2.05, 4.69) is 15.5 Å². The lowest BCUT2D eigenvalue weighted by Gasteiger charge is -2.10. The standard InChI is InChI=1S/C18H18N4O3/c1-3-22-17(24)13-6-4-5-7-14(13)20-18(22)21-19-11-12-8-9-15(23)16(10-12)25-2/h4-11,23H,3H2,1-2H3,(H,20,21)/b19-11+. The Labute approximate surface area is 144 Å². The van der Waals surface area contributed by atoms with Crippen LogP contribution >= 0.6 is 0 Å². The van der Waals surface area contributed by atoms with Gasteiger partial charge in [-0.1, -0.05) is 12.1 Å². The molecule has 7 nitrogen and oxygen atoms in total. The summed E-state index contributed by atoms with van der Waals surface area (Å²) in [4.78, 5) is 17.0. The fraction of sp³-hybridized carbons (Fsp3) is 0.167. The van der Waals surface area contributed by atoms with E-state index in [1.165, 1.54) is 17.7 Å². The maximum absolute atomic E-state index is 12.5. The average Bonchev–Trinajstić information content (AvgIpc) is 2.63. The van der Waals surface area contributed by atoms with Crippen molar-refractivity contribution < 1.29 is 9.84 Å². The van der Waals surface area contributed by atoms with Crippen LogP contribution in [0.4, 0.5) is 5.95 Å². The monoisotopic (exact) mass is 338 g/mol. The molecular formula is C18H18N4O3. The number of aromatic hydroxyl groups is 1. The van der Waals surface area contributed by atoms with Gasteiger partial charge in [0.15, 0.2) is 11.5 Å². The molecule has 0 aliphatic rings. The Balaban J connectivity index is 1.91. The van der Waals surface area contributed by atoms with Gasteiger partial charge in [0.1, 0.15) is 0 Å². The summed E-state index contributed by atoms with van der Waals surface area (Å²) in [5.41, 5.74) is 4.04. The van der Waals surface area contributed by atoms with Crippen LogP contribution in [-0.2, 0) is 6.54 Å². The Morgan fingerprint density at radius 1 is 1.32 bits per heavy atom. The van der Waals surface area contributed by atoms with Gasteiger partial charge in [0, 0.05) is 6.54 Å². The molecule has 0 spiro atoms. The van der Waals surface area contributed by atoms with Gasteiger partial charge in [-0.2, -0.15) is 5.10 Å². The molecule has 25 heavy (non-hydrogen) atoms. The van der Waals surface area contributed by atoms with Crippen LogP contribution < -0.4 is 15.7 Å². The molecule has 0 aliphatic heterocycles. The number of rotatable bonds is 5. The molecular weight excluding hydrogens is 320 g/mol. The van der Waals surface area contributed by atoms with Gasteiger partial charge in [0.2, 0.25) is 5.95 Å². The number of nitrogens with zero attached hydrogens (tertiary/aromatic N) is 3. The van der Waals surface area contributed by atoms with Gasteiger partial charge in [0.25, 0.3) is 5.56 Å². The highest BCUT2D eigenvalue weighted by Crippen LogP contribution is 2.25. The molecule has 1 heterocycles. The Morgan fingerprint density at radius 3 is 2.88 bits per heavy atom. The normalized spacial score (nSPS) is 11.1. The van der Waals surface area contributed by atoms with Gasteiger partial charge in [-0.05, 0) is 42.8 Å². The molecule has 2 N–H and O–H groups in total. The lowest BCUT2D eigenvalue weighted by Crippen LogP contribution is -2.23. The highest BCUT2D eigenvalue weighted by molar-refractivity contribution is 5.82. The number of aromatic nitrogens is 2. The zero-order valence-corrected chi connectivity index (χ0v) is 13.9. The number of hydrazone groups is 1. The molecule has 7 heteroatoms. The summed E-state index contributed by atoms with van der Waals surface area (Å²) in [5, 5.41) is 14.3. The summed E-state index contributed by atoms with van der Waals surface area (Å²) >= 11 is 0. The minimum absolute atomic E-state index is 0.0589. The third-order valence-corrected chi connectivity index (χ3v) is 3.76. The first-order valence-electron chi connectivity index (χ1n) is 7.79. The molecule has 3 rings (SSSR count). The van der Waals surface area contributed by atoms with E-state index < -0.39 is 0 Å². The van der Waals surface area contributed by atoms with Crippen molar-refractivity contribution >= 4 is 23.1 Å². The van der Waals surface area contributed by atoms with E-state index >= 15 is 0 Å². The van der Waals surface area contributed by atoms with E-state index in [-0.39, 0.29) is 11.3 Å². The van der Waals surface area contributed by atoms with Crippen molar-refractivity contribution in [3.8, 4) is 11.5 Å². The molecule has 0 atom stereocenters. The number of benzene rings is 2. The van der Waals surface area contributed by atoms with Crippen molar-refractivity contribution in [1.82, 2.24) is 9.55 Å². The predicted molar refractivity (Wildman–Crippen MR) is 97.6 cm³/mol. The molecule has 3 aromatic rings.